The Morgan fingerprint density at radius 1 is 0.792 bits per heavy atom. The van der Waals surface area contributed by atoms with Gasteiger partial charge in [-0.1, -0.05) is 133 Å². The van der Waals surface area contributed by atoms with Crippen LogP contribution in [-0.2, 0) is 23.2 Å². The van der Waals surface area contributed by atoms with Gasteiger partial charge in [0.15, 0.2) is 11.6 Å². The van der Waals surface area contributed by atoms with Gasteiger partial charge in [-0.3, -0.25) is 4.79 Å². The molecule has 8 nitrogen and oxygen atoms in total. The van der Waals surface area contributed by atoms with Gasteiger partial charge < -0.3 is 10.2 Å². The molecular weight excluding hydrogens is 655 g/mol. The fourth-order valence-electron chi connectivity index (χ4n) is 8.49. The number of nitrogens with one attached hydrogen (secondary N) is 1. The van der Waals surface area contributed by atoms with Crippen molar-refractivity contribution in [3.8, 4) is 22.5 Å². The summed E-state index contributed by atoms with van der Waals surface area (Å²) in [4.78, 5) is 19.3. The number of tetrazole rings is 1. The van der Waals surface area contributed by atoms with E-state index in [0.29, 0.717) is 18.9 Å². The molecule has 53 heavy (non-hydrogen) atoms. The van der Waals surface area contributed by atoms with Crippen LogP contribution in [0.5, 0.6) is 0 Å². The van der Waals surface area contributed by atoms with E-state index < -0.39 is 5.54 Å². The Morgan fingerprint density at radius 3 is 2.06 bits per heavy atom. The fraction of sp³-hybridized carbons (Fsp3) is 0.178. The summed E-state index contributed by atoms with van der Waals surface area (Å²) in [7, 11) is 0. The summed E-state index contributed by atoms with van der Waals surface area (Å²) >= 11 is 0. The molecule has 0 saturated heterocycles. The molecule has 1 N–H and O–H groups in total. The predicted molar refractivity (Wildman–Crippen MR) is 209 cm³/mol. The number of pyridine rings is 1. The Morgan fingerprint density at radius 2 is 1.42 bits per heavy atom. The zero-order valence-electron chi connectivity index (χ0n) is 29.8. The van der Waals surface area contributed by atoms with E-state index in [2.05, 4.69) is 138 Å². The molecule has 0 saturated carbocycles. The monoisotopic (exact) mass is 693 g/mol. The van der Waals surface area contributed by atoms with Crippen molar-refractivity contribution in [3.05, 3.63) is 179 Å². The molecule has 0 radical (unpaired) electrons. The number of rotatable bonds is 9. The van der Waals surface area contributed by atoms with Crippen molar-refractivity contribution >= 4 is 17.3 Å². The van der Waals surface area contributed by atoms with Crippen molar-refractivity contribution in [3.63, 3.8) is 0 Å². The van der Waals surface area contributed by atoms with Crippen LogP contribution in [0.4, 0.5) is 11.5 Å². The minimum Gasteiger partial charge on any atom is -0.364 e. The summed E-state index contributed by atoms with van der Waals surface area (Å²) in [5, 5.41) is 17.5. The number of hydrogen-bond donors (Lipinski definition) is 1. The van der Waals surface area contributed by atoms with Gasteiger partial charge in [0.1, 0.15) is 11.3 Å². The van der Waals surface area contributed by atoms with Gasteiger partial charge in [-0.15, -0.1) is 5.10 Å². The lowest BCUT2D eigenvalue weighted by atomic mass is 9.77. The highest BCUT2D eigenvalue weighted by Gasteiger charge is 2.42. The Balaban J connectivity index is 1.14. The minimum absolute atomic E-state index is 0.119. The minimum atomic E-state index is -0.850. The van der Waals surface area contributed by atoms with Crippen molar-refractivity contribution in [1.29, 1.82) is 0 Å². The summed E-state index contributed by atoms with van der Waals surface area (Å²) < 4.78 is 2.00. The van der Waals surface area contributed by atoms with Crippen LogP contribution in [0.3, 0.4) is 0 Å². The molecular formula is C45H39N7O. The van der Waals surface area contributed by atoms with Crippen LogP contribution >= 0.6 is 0 Å². The molecule has 2 aromatic heterocycles. The molecule has 2 aliphatic rings. The first-order valence-electron chi connectivity index (χ1n) is 18.2. The number of hydrogen-bond acceptors (Lipinski definition) is 7. The van der Waals surface area contributed by atoms with E-state index in [1.54, 1.807) is 6.92 Å². The molecule has 1 unspecified atom stereocenters. The number of aromatic nitrogens is 5. The lowest BCUT2D eigenvalue weighted by Crippen LogP contribution is -2.39. The number of benzene rings is 5. The highest BCUT2D eigenvalue weighted by atomic mass is 16.1. The molecule has 0 amide bonds. The van der Waals surface area contributed by atoms with Gasteiger partial charge in [0.2, 0.25) is 0 Å². The largest absolute Gasteiger partial charge is 0.364 e. The van der Waals surface area contributed by atoms with Crippen molar-refractivity contribution in [2.45, 2.75) is 44.7 Å². The standard InChI is InChI=1S/C45H39N7O/c1-30-26-37(27-31(2)53)47-44-42(30)46-29-51(44)41-25-23-33-28-32(22-24-39(33)41)38-20-12-13-21-40(38)43-48-49-50-52(43)45(34-14-6-3-7-15-34,35-16-8-4-9-17-35)36-18-10-5-11-19-36/h3-22,24,26,28,41,46H,23,25,27,29H2,1-2H3. The van der Waals surface area contributed by atoms with Crippen LogP contribution in [0, 0.1) is 6.92 Å². The molecule has 8 heteroatoms. The SMILES string of the molecule is CC(=O)Cc1cc(C)c2c(n1)N(C1CCc3cc(-c4ccccc4-c4nnnn4C(c4ccccc4)(c4ccccc4)c4ccccc4)ccc31)CN2. The summed E-state index contributed by atoms with van der Waals surface area (Å²) in [6.45, 7) is 4.40. The predicted octanol–water partition coefficient (Wildman–Crippen LogP) is 8.56. The lowest BCUT2D eigenvalue weighted by molar-refractivity contribution is -0.116. The molecule has 0 fully saturated rings. The van der Waals surface area contributed by atoms with Crippen LogP contribution in [0.25, 0.3) is 22.5 Å². The van der Waals surface area contributed by atoms with E-state index >= 15 is 0 Å². The number of nitrogens with zero attached hydrogens (tertiary/aromatic N) is 6. The topological polar surface area (TPSA) is 88.8 Å². The maximum Gasteiger partial charge on any atom is 0.184 e. The Kier molecular flexibility index (Phi) is 8.15. The molecule has 9 rings (SSSR count). The first-order valence-corrected chi connectivity index (χ1v) is 18.2. The van der Waals surface area contributed by atoms with Crippen LogP contribution < -0.4 is 10.2 Å². The average molecular weight is 694 g/mol. The summed E-state index contributed by atoms with van der Waals surface area (Å²) in [6.07, 6.45) is 2.30. The second-order valence-electron chi connectivity index (χ2n) is 14.0. The zero-order chi connectivity index (χ0) is 35.9. The molecule has 1 aliphatic heterocycles. The van der Waals surface area contributed by atoms with Gasteiger partial charge >= 0.3 is 0 Å². The number of ketones is 1. The third-order valence-corrected chi connectivity index (χ3v) is 10.8. The van der Waals surface area contributed by atoms with Gasteiger partial charge in [-0.05, 0) is 87.7 Å². The maximum absolute atomic E-state index is 12.0. The van der Waals surface area contributed by atoms with Gasteiger partial charge in [0.05, 0.1) is 24.1 Å². The molecule has 0 spiro atoms. The lowest BCUT2D eigenvalue weighted by Gasteiger charge is -2.36. The maximum atomic E-state index is 12.0. The third-order valence-electron chi connectivity index (χ3n) is 10.8. The van der Waals surface area contributed by atoms with Crippen molar-refractivity contribution in [2.75, 3.05) is 16.9 Å². The van der Waals surface area contributed by atoms with Crippen molar-refractivity contribution in [2.24, 2.45) is 0 Å². The highest BCUT2D eigenvalue weighted by Crippen LogP contribution is 2.46. The summed E-state index contributed by atoms with van der Waals surface area (Å²) in [5.74, 6) is 1.74. The fourth-order valence-corrected chi connectivity index (χ4v) is 8.49. The Hall–Kier alpha value is -6.41. The molecule has 260 valence electrons. The molecule has 1 aliphatic carbocycles. The van der Waals surface area contributed by atoms with Crippen LogP contribution in [0.1, 0.15) is 58.5 Å². The van der Waals surface area contributed by atoms with Crippen LogP contribution in [0.15, 0.2) is 140 Å². The normalized spacial score (nSPS) is 14.8. The van der Waals surface area contributed by atoms with Crippen molar-refractivity contribution in [1.82, 2.24) is 25.2 Å². The zero-order valence-corrected chi connectivity index (χ0v) is 29.8. The molecule has 3 heterocycles. The summed E-state index contributed by atoms with van der Waals surface area (Å²) in [6, 6.07) is 49.0. The highest BCUT2D eigenvalue weighted by molar-refractivity contribution is 5.83. The molecule has 5 aromatic carbocycles. The quantitative estimate of drug-likeness (QED) is 0.152. The molecule has 0 bridgehead atoms. The smallest absolute Gasteiger partial charge is 0.184 e. The number of fused-ring (bicyclic) bond motifs is 2. The van der Waals surface area contributed by atoms with Crippen molar-refractivity contribution < 1.29 is 4.79 Å². The van der Waals surface area contributed by atoms with E-state index in [1.165, 1.54) is 11.1 Å². The molecule has 7 aromatic rings. The van der Waals surface area contributed by atoms with Gasteiger partial charge in [-0.2, -0.15) is 0 Å². The van der Waals surface area contributed by atoms with Gasteiger partial charge in [-0.25, -0.2) is 9.67 Å². The number of aryl methyl sites for hydroxylation is 2. The number of Topliss-reactive ketones (excluding diaryl/α,β-unsaturated/α-hetero) is 1. The van der Waals surface area contributed by atoms with Gasteiger partial charge in [0.25, 0.3) is 0 Å². The van der Waals surface area contributed by atoms with E-state index in [-0.39, 0.29) is 11.8 Å². The van der Waals surface area contributed by atoms with E-state index in [0.717, 1.165) is 69.0 Å². The average Bonchev–Trinajstić information content (AvgIpc) is 3.95. The first-order chi connectivity index (χ1) is 26.0. The second kappa shape index (κ2) is 13.3. The number of anilines is 2. The van der Waals surface area contributed by atoms with Crippen LogP contribution in [-0.4, -0.2) is 37.6 Å². The second-order valence-corrected chi connectivity index (χ2v) is 14.0. The van der Waals surface area contributed by atoms with E-state index in [4.69, 9.17) is 15.3 Å². The Labute approximate surface area is 309 Å². The summed E-state index contributed by atoms with van der Waals surface area (Å²) in [5.41, 5.74) is 11.1. The van der Waals surface area contributed by atoms with E-state index in [1.807, 2.05) is 28.9 Å². The van der Waals surface area contributed by atoms with Gasteiger partial charge in [0, 0.05) is 12.0 Å². The third kappa shape index (κ3) is 5.49. The number of carbonyl (C=O) groups excluding carboxylic acids is 1. The van der Waals surface area contributed by atoms with Crippen LogP contribution in [0.2, 0.25) is 0 Å². The number of carbonyl (C=O) groups is 1. The first kappa shape index (κ1) is 32.5. The Bertz CT molecular complexity index is 2350. The van der Waals surface area contributed by atoms with E-state index in [9.17, 15) is 4.79 Å². The molecule has 1 atom stereocenters.